The van der Waals surface area contributed by atoms with E-state index in [2.05, 4.69) is 15.5 Å². The van der Waals surface area contributed by atoms with Gasteiger partial charge in [0, 0.05) is 19.1 Å². The number of furan rings is 1. The molecule has 0 saturated carbocycles. The summed E-state index contributed by atoms with van der Waals surface area (Å²) in [7, 11) is 0. The first-order valence-corrected chi connectivity index (χ1v) is 9.37. The van der Waals surface area contributed by atoms with Gasteiger partial charge in [-0.15, -0.1) is 11.3 Å². The van der Waals surface area contributed by atoms with Crippen LogP contribution in [0.5, 0.6) is 0 Å². The molecule has 0 aliphatic carbocycles. The number of aromatic amines is 1. The molecular weight excluding hydrogens is 368 g/mol. The summed E-state index contributed by atoms with van der Waals surface area (Å²) in [5, 5.41) is 21.9. The highest BCUT2D eigenvalue weighted by molar-refractivity contribution is 7.13. The van der Waals surface area contributed by atoms with Crippen molar-refractivity contribution in [2.75, 3.05) is 13.1 Å². The van der Waals surface area contributed by atoms with Crippen LogP contribution in [0.2, 0.25) is 0 Å². The number of likely N-dealkylation sites (tertiary alicyclic amines) is 1. The first kappa shape index (κ1) is 17.5. The van der Waals surface area contributed by atoms with Gasteiger partial charge in [0.15, 0.2) is 0 Å². The zero-order valence-electron chi connectivity index (χ0n) is 14.3. The third-order valence-electron chi connectivity index (χ3n) is 4.47. The summed E-state index contributed by atoms with van der Waals surface area (Å²) >= 11 is 1.51. The highest BCUT2D eigenvalue weighted by Gasteiger charge is 2.32. The molecular formula is C18H18N4O4S. The number of β-amino-alcohol motifs (C(OH)–C–C–N with tert-alkyl or cyclic N) is 1. The molecule has 8 nitrogen and oxygen atoms in total. The van der Waals surface area contributed by atoms with Crippen molar-refractivity contribution < 1.29 is 19.1 Å². The number of H-pyrrole nitrogens is 1. The summed E-state index contributed by atoms with van der Waals surface area (Å²) in [6.07, 6.45) is 3.95. The average Bonchev–Trinajstić information content (AvgIpc) is 3.42. The Kier molecular flexibility index (Phi) is 4.78. The van der Waals surface area contributed by atoms with E-state index in [0.29, 0.717) is 29.8 Å². The second-order valence-electron chi connectivity index (χ2n) is 6.42. The van der Waals surface area contributed by atoms with Crippen LogP contribution < -0.4 is 5.32 Å². The lowest BCUT2D eigenvalue weighted by atomic mass is 10.0. The van der Waals surface area contributed by atoms with Crippen LogP contribution in [0.3, 0.4) is 0 Å². The second-order valence-corrected chi connectivity index (χ2v) is 7.37. The van der Waals surface area contributed by atoms with E-state index in [9.17, 15) is 14.7 Å². The highest BCUT2D eigenvalue weighted by atomic mass is 32.1. The van der Waals surface area contributed by atoms with Crippen LogP contribution in [-0.4, -0.2) is 57.3 Å². The van der Waals surface area contributed by atoms with Crippen LogP contribution in [0.15, 0.2) is 46.7 Å². The lowest BCUT2D eigenvalue weighted by Gasteiger charge is -2.36. The summed E-state index contributed by atoms with van der Waals surface area (Å²) < 4.78 is 4.92. The lowest BCUT2D eigenvalue weighted by Crippen LogP contribution is -2.54. The Bertz CT molecular complexity index is 919. The van der Waals surface area contributed by atoms with E-state index in [0.717, 1.165) is 4.88 Å². The summed E-state index contributed by atoms with van der Waals surface area (Å²) in [6.45, 7) is 0.528. The molecule has 1 aliphatic heterocycles. The Morgan fingerprint density at radius 1 is 1.37 bits per heavy atom. The van der Waals surface area contributed by atoms with Gasteiger partial charge in [0.1, 0.15) is 6.26 Å². The number of nitrogens with one attached hydrogen (secondary N) is 2. The molecule has 27 heavy (non-hydrogen) atoms. The van der Waals surface area contributed by atoms with Crippen molar-refractivity contribution in [3.63, 3.8) is 0 Å². The number of piperidine rings is 1. The van der Waals surface area contributed by atoms with Crippen LogP contribution in [0, 0.1) is 0 Å². The van der Waals surface area contributed by atoms with Crippen molar-refractivity contribution in [1.29, 1.82) is 0 Å². The SMILES string of the molecule is O=C(N[C@H]1C[C@@H](O)CN(C(=O)c2cn[nH]c2-c2cccs2)C1)c1ccoc1. The fourth-order valence-electron chi connectivity index (χ4n) is 3.23. The number of carbonyl (C=O) groups is 2. The van der Waals surface area contributed by atoms with Crippen molar-refractivity contribution in [2.24, 2.45) is 0 Å². The average molecular weight is 386 g/mol. The smallest absolute Gasteiger partial charge is 0.257 e. The molecule has 140 valence electrons. The maximum absolute atomic E-state index is 13.0. The van der Waals surface area contributed by atoms with Crippen LogP contribution in [0.4, 0.5) is 0 Å². The maximum atomic E-state index is 13.0. The number of aliphatic hydroxyl groups is 1. The van der Waals surface area contributed by atoms with Gasteiger partial charge in [-0.25, -0.2) is 0 Å². The molecule has 0 aromatic carbocycles. The van der Waals surface area contributed by atoms with E-state index in [1.807, 2.05) is 17.5 Å². The second kappa shape index (κ2) is 7.37. The summed E-state index contributed by atoms with van der Waals surface area (Å²) in [6, 6.07) is 5.03. The van der Waals surface area contributed by atoms with Crippen LogP contribution in [0.1, 0.15) is 27.1 Å². The first-order chi connectivity index (χ1) is 13.1. The molecule has 0 radical (unpaired) electrons. The lowest BCUT2D eigenvalue weighted by molar-refractivity contribution is 0.0371. The summed E-state index contributed by atoms with van der Waals surface area (Å²) in [5.41, 5.74) is 1.52. The predicted molar refractivity (Wildman–Crippen MR) is 98.4 cm³/mol. The minimum absolute atomic E-state index is 0.214. The van der Waals surface area contributed by atoms with Gasteiger partial charge in [-0.2, -0.15) is 5.10 Å². The van der Waals surface area contributed by atoms with Crippen molar-refractivity contribution in [3.05, 3.63) is 53.4 Å². The van der Waals surface area contributed by atoms with Crippen molar-refractivity contribution in [3.8, 4) is 10.6 Å². The summed E-state index contributed by atoms with van der Waals surface area (Å²) in [4.78, 5) is 27.7. The van der Waals surface area contributed by atoms with E-state index in [4.69, 9.17) is 4.42 Å². The fraction of sp³-hybridized carbons (Fsp3) is 0.278. The van der Waals surface area contributed by atoms with Gasteiger partial charge < -0.3 is 19.7 Å². The van der Waals surface area contributed by atoms with Gasteiger partial charge >= 0.3 is 0 Å². The number of hydrogen-bond donors (Lipinski definition) is 3. The fourth-order valence-corrected chi connectivity index (χ4v) is 3.97. The van der Waals surface area contributed by atoms with Crippen molar-refractivity contribution >= 4 is 23.2 Å². The molecule has 2 amide bonds. The van der Waals surface area contributed by atoms with E-state index >= 15 is 0 Å². The Balaban J connectivity index is 1.49. The number of aromatic nitrogens is 2. The number of thiophene rings is 1. The van der Waals surface area contributed by atoms with E-state index in [-0.39, 0.29) is 24.4 Å². The quantitative estimate of drug-likeness (QED) is 0.632. The minimum atomic E-state index is -0.713. The zero-order chi connectivity index (χ0) is 18.8. The molecule has 4 rings (SSSR count). The highest BCUT2D eigenvalue weighted by Crippen LogP contribution is 2.27. The molecule has 3 N–H and O–H groups in total. The largest absolute Gasteiger partial charge is 0.472 e. The molecule has 3 aromatic rings. The number of nitrogens with zero attached hydrogens (tertiary/aromatic N) is 2. The molecule has 9 heteroatoms. The molecule has 3 aromatic heterocycles. The molecule has 0 bridgehead atoms. The molecule has 0 spiro atoms. The van der Waals surface area contributed by atoms with Crippen LogP contribution in [0.25, 0.3) is 10.6 Å². The molecule has 1 saturated heterocycles. The number of hydrogen-bond acceptors (Lipinski definition) is 6. The number of amides is 2. The molecule has 2 atom stereocenters. The Morgan fingerprint density at radius 3 is 3.00 bits per heavy atom. The van der Waals surface area contributed by atoms with Crippen molar-refractivity contribution in [1.82, 2.24) is 20.4 Å². The normalized spacial score (nSPS) is 19.8. The number of rotatable bonds is 4. The molecule has 4 heterocycles. The third-order valence-corrected chi connectivity index (χ3v) is 5.36. The topological polar surface area (TPSA) is 111 Å². The van der Waals surface area contributed by atoms with Gasteiger partial charge in [-0.1, -0.05) is 6.07 Å². The zero-order valence-corrected chi connectivity index (χ0v) is 15.1. The maximum Gasteiger partial charge on any atom is 0.257 e. The van der Waals surface area contributed by atoms with Gasteiger partial charge in [0.25, 0.3) is 11.8 Å². The Morgan fingerprint density at radius 2 is 2.26 bits per heavy atom. The van der Waals surface area contributed by atoms with Gasteiger partial charge in [0.2, 0.25) is 0 Å². The molecule has 1 aliphatic rings. The van der Waals surface area contributed by atoms with Gasteiger partial charge in [-0.3, -0.25) is 14.7 Å². The standard InChI is InChI=1S/C18H18N4O4S/c23-13-6-12(20-17(24)11-3-4-26-10-11)8-22(9-13)18(25)14-7-19-21-16(14)15-2-1-5-27-15/h1-5,7,10,12-13,23H,6,8-9H2,(H,19,21)(H,20,24)/t12-,13+/m0/s1. The first-order valence-electron chi connectivity index (χ1n) is 8.49. The molecule has 1 fully saturated rings. The van der Waals surface area contributed by atoms with E-state index in [1.165, 1.54) is 30.1 Å². The predicted octanol–water partition coefficient (Wildman–Crippen LogP) is 1.74. The Hall–Kier alpha value is -2.91. The number of carbonyl (C=O) groups excluding carboxylic acids is 2. The third kappa shape index (κ3) is 3.64. The van der Waals surface area contributed by atoms with Crippen LogP contribution in [-0.2, 0) is 0 Å². The minimum Gasteiger partial charge on any atom is -0.472 e. The van der Waals surface area contributed by atoms with E-state index in [1.54, 1.807) is 11.0 Å². The van der Waals surface area contributed by atoms with Gasteiger partial charge in [0.05, 0.1) is 40.3 Å². The monoisotopic (exact) mass is 386 g/mol. The number of aliphatic hydroxyl groups excluding tert-OH is 1. The molecule has 0 unspecified atom stereocenters. The van der Waals surface area contributed by atoms with Crippen LogP contribution >= 0.6 is 11.3 Å². The van der Waals surface area contributed by atoms with Crippen molar-refractivity contribution in [2.45, 2.75) is 18.6 Å². The summed E-state index contributed by atoms with van der Waals surface area (Å²) in [5.74, 6) is -0.522. The Labute approximate surface area is 158 Å². The van der Waals surface area contributed by atoms with Gasteiger partial charge in [-0.05, 0) is 23.9 Å². The van der Waals surface area contributed by atoms with E-state index < -0.39 is 6.10 Å².